The second-order valence-corrected chi connectivity index (χ2v) is 5.96. The monoisotopic (exact) mass is 615 g/mol. The Labute approximate surface area is 190 Å². The number of ether oxygens (including phenoxy) is 2. The van der Waals surface area contributed by atoms with Gasteiger partial charge in [-0.25, -0.2) is 0 Å². The maximum atomic E-state index is 12.8. The van der Waals surface area contributed by atoms with E-state index in [2.05, 4.69) is 6.07 Å². The van der Waals surface area contributed by atoms with Crippen molar-refractivity contribution in [1.29, 1.82) is 0 Å². The van der Waals surface area contributed by atoms with E-state index >= 15 is 0 Å². The van der Waals surface area contributed by atoms with E-state index in [-0.39, 0.29) is 49.5 Å². The van der Waals surface area contributed by atoms with E-state index in [1.54, 1.807) is 24.3 Å². The molecule has 144 valence electrons. The van der Waals surface area contributed by atoms with Crippen molar-refractivity contribution in [2.75, 3.05) is 20.8 Å². The van der Waals surface area contributed by atoms with Crippen LogP contribution in [0.3, 0.4) is 0 Å². The Morgan fingerprint density at radius 3 is 2.67 bits per heavy atom. The number of methoxy groups -OCH3 is 2. The summed E-state index contributed by atoms with van der Waals surface area (Å²) in [6.45, 7) is 2.32. The Hall–Kier alpha value is -1.22. The fourth-order valence-electron chi connectivity index (χ4n) is 2.59. The Bertz CT molecular complexity index is 731. The summed E-state index contributed by atoms with van der Waals surface area (Å²) in [5, 5.41) is 0.0925. The molecule has 5 nitrogen and oxygen atoms in total. The third kappa shape index (κ3) is 6.41. The zero-order chi connectivity index (χ0) is 18.4. The fraction of sp³-hybridized carbons (Fsp3) is 0.350. The molecule has 0 bridgehead atoms. The molecular formula is C20H24ClNO4U. The summed E-state index contributed by atoms with van der Waals surface area (Å²) < 4.78 is 10.4. The minimum absolute atomic E-state index is 0. The zero-order valence-corrected chi connectivity index (χ0v) is 21.0. The van der Waals surface area contributed by atoms with Crippen LogP contribution in [0.15, 0.2) is 28.8 Å². The first kappa shape index (κ1) is 25.8. The van der Waals surface area contributed by atoms with Crippen LogP contribution in [-0.4, -0.2) is 37.5 Å². The van der Waals surface area contributed by atoms with Crippen molar-refractivity contribution in [1.82, 2.24) is 4.90 Å². The molecule has 2 amide bonds. The van der Waals surface area contributed by atoms with Gasteiger partial charge in [0.15, 0.2) is 0 Å². The molecule has 0 aromatic heterocycles. The van der Waals surface area contributed by atoms with Gasteiger partial charge in [-0.2, -0.15) is 6.07 Å². The minimum Gasteiger partial charge on any atom is -0.551 e. The number of rotatable bonds is 6. The van der Waals surface area contributed by atoms with E-state index in [1.807, 2.05) is 6.92 Å². The molecule has 1 aromatic rings. The molecule has 0 saturated carbocycles. The van der Waals surface area contributed by atoms with E-state index in [9.17, 15) is 9.59 Å². The number of halogens is 1. The standard InChI is InChI=1S/C19H21ClNO4.CH3.U/c1-4-6-14(18(22)21-10-5-7-15(20)19(21)23)11-13-8-9-16(24-2)17(12-13)25-3;;/h7-8,11-12H,4-6,10H2,1-3H3;1H3;/q2*-1;+2/b14-11+;;. The Kier molecular flexibility index (Phi) is 11.7. The average molecular weight is 616 g/mol. The second kappa shape index (κ2) is 12.3. The third-order valence-corrected chi connectivity index (χ3v) is 4.14. The van der Waals surface area contributed by atoms with Crippen LogP contribution in [0.4, 0.5) is 0 Å². The van der Waals surface area contributed by atoms with Crippen molar-refractivity contribution in [3.8, 4) is 11.5 Å². The molecule has 1 aliphatic heterocycles. The van der Waals surface area contributed by atoms with Gasteiger partial charge in [0.1, 0.15) is 5.03 Å². The van der Waals surface area contributed by atoms with Crippen LogP contribution in [0.2, 0.25) is 0 Å². The van der Waals surface area contributed by atoms with E-state index in [1.165, 1.54) is 19.1 Å². The van der Waals surface area contributed by atoms with Gasteiger partial charge in [-0.1, -0.05) is 31.0 Å². The molecule has 0 aliphatic carbocycles. The van der Waals surface area contributed by atoms with Crippen molar-refractivity contribution in [2.45, 2.75) is 26.2 Å². The van der Waals surface area contributed by atoms with E-state index in [0.717, 1.165) is 12.0 Å². The number of carbonyl (C=O) groups is 2. The first-order valence-electron chi connectivity index (χ1n) is 8.08. The normalized spacial score (nSPS) is 13.9. The van der Waals surface area contributed by atoms with Gasteiger partial charge in [0, 0.05) is 23.6 Å². The predicted octanol–water partition coefficient (Wildman–Crippen LogP) is 4.02. The molecule has 27 heavy (non-hydrogen) atoms. The van der Waals surface area contributed by atoms with Crippen molar-refractivity contribution in [2.24, 2.45) is 0 Å². The number of carbonyl (C=O) groups excluding carboxylic acids is 2. The summed E-state index contributed by atoms with van der Waals surface area (Å²) in [6.07, 6.45) is 5.29. The number of hydrogen-bond acceptors (Lipinski definition) is 4. The second-order valence-electron chi connectivity index (χ2n) is 5.56. The molecule has 0 unspecified atom stereocenters. The summed E-state index contributed by atoms with van der Waals surface area (Å²) in [7, 11) is 3.08. The predicted molar refractivity (Wildman–Crippen MR) is 103 cm³/mol. The third-order valence-electron chi connectivity index (χ3n) is 3.82. The van der Waals surface area contributed by atoms with Crippen LogP contribution < -0.4 is 9.47 Å². The average Bonchev–Trinajstić information content (AvgIpc) is 2.63. The molecule has 7 heteroatoms. The van der Waals surface area contributed by atoms with Crippen LogP contribution in [0.5, 0.6) is 11.5 Å². The van der Waals surface area contributed by atoms with Crippen molar-refractivity contribution >= 4 is 29.5 Å². The number of nitrogens with zero attached hydrogens (tertiary/aromatic N) is 1. The van der Waals surface area contributed by atoms with Gasteiger partial charge in [-0.05, 0) is 12.8 Å². The molecule has 1 heterocycles. The summed E-state index contributed by atoms with van der Waals surface area (Å²) >= 11 is 5.88. The number of amides is 2. The van der Waals surface area contributed by atoms with Crippen LogP contribution in [0.1, 0.15) is 31.7 Å². The summed E-state index contributed by atoms with van der Waals surface area (Å²) in [4.78, 5) is 26.2. The topological polar surface area (TPSA) is 55.8 Å². The first-order chi connectivity index (χ1) is 12.0. The summed E-state index contributed by atoms with van der Waals surface area (Å²) in [6, 6.07) is 6.46. The number of hydrogen-bond donors (Lipinski definition) is 0. The summed E-state index contributed by atoms with van der Waals surface area (Å²) in [5.74, 6) is 0.261. The number of imide groups is 1. The maximum Gasteiger partial charge on any atom is 2.00 e. The van der Waals surface area contributed by atoms with Crippen molar-refractivity contribution < 1.29 is 50.2 Å². The molecule has 2 rings (SSSR count). The quantitative estimate of drug-likeness (QED) is 0.359. The largest absolute Gasteiger partial charge is 2.00 e. The van der Waals surface area contributed by atoms with Crippen molar-refractivity contribution in [3.63, 3.8) is 0 Å². The molecule has 0 atom stereocenters. The maximum absolute atomic E-state index is 12.8. The molecule has 0 saturated heterocycles. The molecule has 1 aliphatic rings. The van der Waals surface area contributed by atoms with Gasteiger partial charge >= 0.3 is 31.1 Å². The smallest absolute Gasteiger partial charge is 0.551 e. The van der Waals surface area contributed by atoms with Crippen LogP contribution in [0, 0.1) is 44.6 Å². The fourth-order valence-corrected chi connectivity index (χ4v) is 2.80. The molecular weight excluding hydrogens is 592 g/mol. The molecule has 0 radical (unpaired) electrons. The van der Waals surface area contributed by atoms with Crippen LogP contribution in [0.25, 0.3) is 6.08 Å². The van der Waals surface area contributed by atoms with E-state index < -0.39 is 5.91 Å². The van der Waals surface area contributed by atoms with E-state index in [0.29, 0.717) is 36.5 Å². The van der Waals surface area contributed by atoms with E-state index in [4.69, 9.17) is 21.1 Å². The van der Waals surface area contributed by atoms with Gasteiger partial charge < -0.3 is 16.9 Å². The summed E-state index contributed by atoms with van der Waals surface area (Å²) in [5.41, 5.74) is 1.29. The van der Waals surface area contributed by atoms with Gasteiger partial charge in [-0.3, -0.25) is 14.5 Å². The molecule has 0 spiro atoms. The molecule has 0 fully saturated rings. The Morgan fingerprint density at radius 2 is 2.07 bits per heavy atom. The minimum atomic E-state index is -0.446. The first-order valence-corrected chi connectivity index (χ1v) is 8.45. The van der Waals surface area contributed by atoms with Crippen molar-refractivity contribution in [3.05, 3.63) is 47.9 Å². The van der Waals surface area contributed by atoms with Crippen LogP contribution in [-0.2, 0) is 9.59 Å². The van der Waals surface area contributed by atoms with Crippen LogP contribution >= 0.6 is 11.6 Å². The molecule has 1 aromatic carbocycles. The van der Waals surface area contributed by atoms with Gasteiger partial charge in [0.05, 0.1) is 14.2 Å². The SMILES string of the molecule is CCC/C(=C\c1c[c-]c(OC)c(OC)c1)C(=O)N1CCC=C(Cl)C1=O.[CH3-].[U+2]. The van der Waals surface area contributed by atoms with Gasteiger partial charge in [-0.15, -0.1) is 23.8 Å². The number of benzene rings is 1. The van der Waals surface area contributed by atoms with Gasteiger partial charge in [0.2, 0.25) is 0 Å². The van der Waals surface area contributed by atoms with Gasteiger partial charge in [0.25, 0.3) is 11.8 Å². The molecule has 0 N–H and O–H groups in total. The Morgan fingerprint density at radius 1 is 1.37 bits per heavy atom. The Balaban J connectivity index is 0.00000338. The zero-order valence-electron chi connectivity index (χ0n) is 16.1.